The number of amides is 1. The van der Waals surface area contributed by atoms with Gasteiger partial charge in [0.05, 0.1) is 5.56 Å². The van der Waals surface area contributed by atoms with Gasteiger partial charge in [0.25, 0.3) is 5.91 Å². The van der Waals surface area contributed by atoms with Crippen LogP contribution in [0, 0.1) is 6.92 Å². The first-order valence-electron chi connectivity index (χ1n) is 10.2. The summed E-state index contributed by atoms with van der Waals surface area (Å²) < 4.78 is 44.6. The van der Waals surface area contributed by atoms with Crippen molar-refractivity contribution < 1.29 is 22.5 Å². The molecule has 4 rings (SSSR count). The molecule has 3 aromatic carbocycles. The van der Waals surface area contributed by atoms with Crippen LogP contribution in [-0.2, 0) is 12.6 Å². The van der Waals surface area contributed by atoms with Crippen LogP contribution in [0.5, 0.6) is 0 Å². The third kappa shape index (κ3) is 5.46. The van der Waals surface area contributed by atoms with E-state index in [2.05, 4.69) is 15.5 Å². The number of aryl methyl sites for hydroxylation is 1. The molecule has 0 fully saturated rings. The van der Waals surface area contributed by atoms with Gasteiger partial charge < -0.3 is 9.84 Å². The maximum atomic E-state index is 13.1. The molecule has 4 aromatic rings. The van der Waals surface area contributed by atoms with Gasteiger partial charge in [-0.15, -0.1) is 0 Å². The fraction of sp³-hybridized carbons (Fsp3) is 0.160. The summed E-state index contributed by atoms with van der Waals surface area (Å²) in [6.45, 7) is 1.92. The molecule has 1 unspecified atom stereocenters. The normalized spacial score (nSPS) is 12.4. The summed E-state index contributed by atoms with van der Waals surface area (Å²) in [5.41, 5.74) is 1.78. The summed E-state index contributed by atoms with van der Waals surface area (Å²) in [6, 6.07) is 20.5. The Morgan fingerprint density at radius 1 is 1.00 bits per heavy atom. The first-order chi connectivity index (χ1) is 15.8. The zero-order valence-electron chi connectivity index (χ0n) is 17.6. The summed E-state index contributed by atoms with van der Waals surface area (Å²) in [7, 11) is 0. The molecule has 1 heterocycles. The number of nitrogens with one attached hydrogen (secondary N) is 1. The lowest BCUT2D eigenvalue weighted by Crippen LogP contribution is -2.30. The van der Waals surface area contributed by atoms with Crippen LogP contribution in [0.25, 0.3) is 11.4 Å². The van der Waals surface area contributed by atoms with Crippen LogP contribution < -0.4 is 5.32 Å². The van der Waals surface area contributed by atoms with Crippen LogP contribution in [0.15, 0.2) is 83.4 Å². The molecule has 8 heteroatoms. The molecule has 1 atom stereocenters. The van der Waals surface area contributed by atoms with Crippen molar-refractivity contribution in [3.05, 3.63) is 107 Å². The minimum Gasteiger partial charge on any atom is -0.340 e. The average Bonchev–Trinajstić information content (AvgIpc) is 3.30. The molecule has 0 aliphatic carbocycles. The molecule has 1 aromatic heterocycles. The number of rotatable bonds is 6. The van der Waals surface area contributed by atoms with E-state index >= 15 is 0 Å². The summed E-state index contributed by atoms with van der Waals surface area (Å²) in [5, 5.41) is 6.76. The molecule has 0 saturated carbocycles. The van der Waals surface area contributed by atoms with Crippen molar-refractivity contribution in [1.82, 2.24) is 15.5 Å². The predicted molar refractivity (Wildman–Crippen MR) is 116 cm³/mol. The van der Waals surface area contributed by atoms with E-state index in [0.717, 1.165) is 23.3 Å². The van der Waals surface area contributed by atoms with Crippen molar-refractivity contribution >= 4 is 5.91 Å². The lowest BCUT2D eigenvalue weighted by Gasteiger charge is -2.15. The quantitative estimate of drug-likeness (QED) is 0.404. The summed E-state index contributed by atoms with van der Waals surface area (Å²) >= 11 is 0. The van der Waals surface area contributed by atoms with E-state index < -0.39 is 17.8 Å². The molecular formula is C25H20F3N3O2. The minimum absolute atomic E-state index is 0.0127. The number of benzene rings is 3. The van der Waals surface area contributed by atoms with Crippen LogP contribution in [0.4, 0.5) is 13.2 Å². The maximum Gasteiger partial charge on any atom is 0.416 e. The topological polar surface area (TPSA) is 68.0 Å². The molecule has 0 aliphatic heterocycles. The van der Waals surface area contributed by atoms with Crippen LogP contribution in [0.1, 0.15) is 39.0 Å². The number of carbonyl (C=O) groups excluding carboxylic acids is 1. The van der Waals surface area contributed by atoms with Crippen molar-refractivity contribution in [1.29, 1.82) is 0 Å². The van der Waals surface area contributed by atoms with Crippen molar-refractivity contribution in [3.8, 4) is 11.4 Å². The molecule has 1 amide bonds. The standard InChI is InChI=1S/C25H20F3N3O2/c1-16-10-12-18(13-11-16)23(32)29-21(14-17-6-3-2-4-7-17)24-30-22(31-33-24)19-8-5-9-20(15-19)25(26,27)28/h2-13,15,21H,14H2,1H3,(H,29,32). The van der Waals surface area contributed by atoms with Gasteiger partial charge in [0.15, 0.2) is 0 Å². The molecule has 0 bridgehead atoms. The molecule has 0 spiro atoms. The van der Waals surface area contributed by atoms with Crippen LogP contribution in [0.3, 0.4) is 0 Å². The van der Waals surface area contributed by atoms with E-state index in [4.69, 9.17) is 4.52 Å². The van der Waals surface area contributed by atoms with E-state index in [1.165, 1.54) is 12.1 Å². The number of carbonyl (C=O) groups is 1. The van der Waals surface area contributed by atoms with Gasteiger partial charge in [0, 0.05) is 17.5 Å². The number of alkyl halides is 3. The molecule has 168 valence electrons. The Balaban J connectivity index is 1.63. The molecule has 1 N–H and O–H groups in total. The van der Waals surface area contributed by atoms with Crippen molar-refractivity contribution in [2.45, 2.75) is 25.6 Å². The largest absolute Gasteiger partial charge is 0.416 e. The third-order valence-electron chi connectivity index (χ3n) is 5.09. The second kappa shape index (κ2) is 9.28. The van der Waals surface area contributed by atoms with Crippen molar-refractivity contribution in [2.75, 3.05) is 0 Å². The lowest BCUT2D eigenvalue weighted by molar-refractivity contribution is -0.137. The molecular weight excluding hydrogens is 431 g/mol. The predicted octanol–water partition coefficient (Wildman–Crippen LogP) is 5.78. The highest BCUT2D eigenvalue weighted by Crippen LogP contribution is 2.32. The van der Waals surface area contributed by atoms with Crippen molar-refractivity contribution in [2.24, 2.45) is 0 Å². The average molecular weight is 451 g/mol. The Morgan fingerprint density at radius 2 is 1.73 bits per heavy atom. The van der Waals surface area contributed by atoms with Gasteiger partial charge in [-0.3, -0.25) is 4.79 Å². The fourth-order valence-electron chi connectivity index (χ4n) is 3.32. The lowest BCUT2D eigenvalue weighted by atomic mass is 10.0. The Morgan fingerprint density at radius 3 is 2.42 bits per heavy atom. The number of nitrogens with zero attached hydrogens (tertiary/aromatic N) is 2. The molecule has 0 saturated heterocycles. The zero-order chi connectivity index (χ0) is 23.4. The van der Waals surface area contributed by atoms with Crippen LogP contribution >= 0.6 is 0 Å². The Labute approximate surface area is 188 Å². The Hall–Kier alpha value is -3.94. The summed E-state index contributed by atoms with van der Waals surface area (Å²) in [5.74, 6) is -0.208. The Bertz CT molecular complexity index is 1240. The number of hydrogen-bond acceptors (Lipinski definition) is 4. The van der Waals surface area contributed by atoms with Gasteiger partial charge in [-0.25, -0.2) is 0 Å². The zero-order valence-corrected chi connectivity index (χ0v) is 17.6. The van der Waals surface area contributed by atoms with E-state index in [-0.39, 0.29) is 23.2 Å². The highest BCUT2D eigenvalue weighted by molar-refractivity contribution is 5.94. The van der Waals surface area contributed by atoms with Gasteiger partial charge in [0.2, 0.25) is 11.7 Å². The van der Waals surface area contributed by atoms with Gasteiger partial charge in [-0.05, 0) is 36.8 Å². The van der Waals surface area contributed by atoms with Crippen LogP contribution in [-0.4, -0.2) is 16.0 Å². The first-order valence-corrected chi connectivity index (χ1v) is 10.2. The second-order valence-corrected chi connectivity index (χ2v) is 7.62. The van der Waals surface area contributed by atoms with E-state index in [9.17, 15) is 18.0 Å². The second-order valence-electron chi connectivity index (χ2n) is 7.62. The summed E-state index contributed by atoms with van der Waals surface area (Å²) in [6.07, 6.45) is -4.12. The van der Waals surface area contributed by atoms with Gasteiger partial charge >= 0.3 is 6.18 Å². The minimum atomic E-state index is -4.49. The van der Waals surface area contributed by atoms with Gasteiger partial charge in [-0.2, -0.15) is 18.2 Å². The van der Waals surface area contributed by atoms with Crippen molar-refractivity contribution in [3.63, 3.8) is 0 Å². The molecule has 33 heavy (non-hydrogen) atoms. The van der Waals surface area contributed by atoms with E-state index in [0.29, 0.717) is 12.0 Å². The van der Waals surface area contributed by atoms with Gasteiger partial charge in [-0.1, -0.05) is 65.3 Å². The number of hydrogen-bond donors (Lipinski definition) is 1. The first kappa shape index (κ1) is 22.3. The summed E-state index contributed by atoms with van der Waals surface area (Å²) in [4.78, 5) is 17.1. The van der Waals surface area contributed by atoms with E-state index in [1.807, 2.05) is 49.4 Å². The third-order valence-corrected chi connectivity index (χ3v) is 5.09. The highest BCUT2D eigenvalue weighted by atomic mass is 19.4. The maximum absolute atomic E-state index is 13.1. The SMILES string of the molecule is Cc1ccc(C(=O)NC(Cc2ccccc2)c2nc(-c3cccc(C(F)(F)F)c3)no2)cc1. The fourth-order valence-corrected chi connectivity index (χ4v) is 3.32. The molecule has 0 aliphatic rings. The highest BCUT2D eigenvalue weighted by Gasteiger charge is 2.31. The van der Waals surface area contributed by atoms with Crippen LogP contribution in [0.2, 0.25) is 0 Å². The molecule has 5 nitrogen and oxygen atoms in total. The monoisotopic (exact) mass is 451 g/mol. The molecule has 0 radical (unpaired) electrons. The smallest absolute Gasteiger partial charge is 0.340 e. The van der Waals surface area contributed by atoms with Gasteiger partial charge in [0.1, 0.15) is 6.04 Å². The number of aromatic nitrogens is 2. The van der Waals surface area contributed by atoms with E-state index in [1.54, 1.807) is 12.1 Å². The number of halogens is 3. The Kier molecular flexibility index (Phi) is 6.26.